The molecule has 2 heterocycles. The first-order valence-electron chi connectivity index (χ1n) is 8.09. The van der Waals surface area contributed by atoms with Gasteiger partial charge in [-0.3, -0.25) is 9.69 Å². The normalized spacial score (nSPS) is 12.8. The molecule has 0 aliphatic rings. The van der Waals surface area contributed by atoms with Crippen molar-refractivity contribution >= 4 is 11.6 Å². The molecule has 1 unspecified atom stereocenters. The van der Waals surface area contributed by atoms with Crippen LogP contribution in [0.3, 0.4) is 0 Å². The van der Waals surface area contributed by atoms with E-state index in [0.29, 0.717) is 11.2 Å². The van der Waals surface area contributed by atoms with Crippen LogP contribution in [0.15, 0.2) is 18.6 Å². The van der Waals surface area contributed by atoms with Crippen LogP contribution < -0.4 is 0 Å². The number of nitrogens with zero attached hydrogens (tertiary/aromatic N) is 5. The third kappa shape index (κ3) is 4.08. The number of amides is 1. The number of fused-ring (bicyclic) bond motifs is 1. The molecule has 0 aliphatic heterocycles. The molecule has 1 atom stereocenters. The van der Waals surface area contributed by atoms with Gasteiger partial charge in [-0.05, 0) is 13.1 Å². The third-order valence-corrected chi connectivity index (χ3v) is 3.98. The van der Waals surface area contributed by atoms with Gasteiger partial charge in [0.1, 0.15) is 5.56 Å². The van der Waals surface area contributed by atoms with Gasteiger partial charge in [-0.2, -0.15) is 5.10 Å². The molecule has 0 fully saturated rings. The van der Waals surface area contributed by atoms with Crippen molar-refractivity contribution < 1.29 is 15.0 Å². The number of carbonyl (C=O) groups excluding carboxylic acids is 1. The summed E-state index contributed by atoms with van der Waals surface area (Å²) in [6.45, 7) is 6.56. The largest absolute Gasteiger partial charge is 0.394 e. The van der Waals surface area contributed by atoms with Gasteiger partial charge >= 0.3 is 0 Å². The Morgan fingerprint density at radius 3 is 2.67 bits per heavy atom. The highest BCUT2D eigenvalue weighted by Gasteiger charge is 2.20. The summed E-state index contributed by atoms with van der Waals surface area (Å²) in [5.74, 6) is -0.290. The van der Waals surface area contributed by atoms with E-state index in [1.807, 2.05) is 6.20 Å². The number of aliphatic hydroxyl groups is 2. The molecule has 2 aromatic rings. The Bertz CT molecular complexity index is 683. The van der Waals surface area contributed by atoms with E-state index in [1.54, 1.807) is 17.8 Å². The van der Waals surface area contributed by atoms with Gasteiger partial charge in [-0.1, -0.05) is 13.8 Å². The van der Waals surface area contributed by atoms with Crippen LogP contribution >= 0.6 is 0 Å². The second kappa shape index (κ2) is 8.18. The van der Waals surface area contributed by atoms with E-state index >= 15 is 0 Å². The monoisotopic (exact) mass is 335 g/mol. The van der Waals surface area contributed by atoms with Gasteiger partial charge in [0.25, 0.3) is 5.91 Å². The summed E-state index contributed by atoms with van der Waals surface area (Å²) in [5, 5.41) is 22.6. The van der Waals surface area contributed by atoms with E-state index in [1.165, 1.54) is 11.1 Å². The summed E-state index contributed by atoms with van der Waals surface area (Å²) in [7, 11) is 1.57. The Hall–Kier alpha value is -2.03. The van der Waals surface area contributed by atoms with Gasteiger partial charge in [0.2, 0.25) is 0 Å². The van der Waals surface area contributed by atoms with Gasteiger partial charge in [-0.15, -0.1) is 0 Å². The summed E-state index contributed by atoms with van der Waals surface area (Å²) in [4.78, 5) is 20.5. The molecule has 1 amide bonds. The van der Waals surface area contributed by atoms with Crippen molar-refractivity contribution in [1.29, 1.82) is 0 Å². The summed E-state index contributed by atoms with van der Waals surface area (Å²) in [6.07, 6.45) is 4.15. The van der Waals surface area contributed by atoms with E-state index in [9.17, 15) is 9.90 Å². The van der Waals surface area contributed by atoms with Gasteiger partial charge in [0.15, 0.2) is 5.65 Å². The highest BCUT2D eigenvalue weighted by atomic mass is 16.3. The van der Waals surface area contributed by atoms with Gasteiger partial charge < -0.3 is 15.1 Å². The molecule has 2 rings (SSSR count). The topological polar surface area (TPSA) is 94.2 Å². The quantitative estimate of drug-likeness (QED) is 0.705. The van der Waals surface area contributed by atoms with Gasteiger partial charge in [0, 0.05) is 38.1 Å². The molecule has 8 nitrogen and oxygen atoms in total. The lowest BCUT2D eigenvalue weighted by Gasteiger charge is -2.19. The summed E-state index contributed by atoms with van der Waals surface area (Å²) < 4.78 is 1.60. The maximum Gasteiger partial charge on any atom is 0.259 e. The number of likely N-dealkylation sites (N-methyl/N-ethyl adjacent to an activating group) is 1. The Labute approximate surface area is 141 Å². The highest BCUT2D eigenvalue weighted by molar-refractivity contribution is 5.99. The zero-order chi connectivity index (χ0) is 17.7. The average Bonchev–Trinajstić information content (AvgIpc) is 3.01. The lowest BCUT2D eigenvalue weighted by atomic mass is 10.2. The molecule has 24 heavy (non-hydrogen) atoms. The zero-order valence-corrected chi connectivity index (χ0v) is 14.4. The lowest BCUT2D eigenvalue weighted by Crippen LogP contribution is -2.35. The van der Waals surface area contributed by atoms with Crippen LogP contribution in [0, 0.1) is 0 Å². The molecule has 2 aromatic heterocycles. The molecule has 0 radical (unpaired) electrons. The van der Waals surface area contributed by atoms with Crippen molar-refractivity contribution in [3.8, 4) is 0 Å². The first kappa shape index (κ1) is 18.3. The zero-order valence-electron chi connectivity index (χ0n) is 14.4. The number of aliphatic hydroxyl groups excluding tert-OH is 2. The maximum atomic E-state index is 12.5. The summed E-state index contributed by atoms with van der Waals surface area (Å²) in [5.41, 5.74) is 1.88. The molecular formula is C16H25N5O3. The van der Waals surface area contributed by atoms with Crippen LogP contribution in [-0.2, 0) is 6.54 Å². The Balaban J connectivity index is 2.20. The van der Waals surface area contributed by atoms with Crippen molar-refractivity contribution in [3.63, 3.8) is 0 Å². The molecule has 0 saturated carbocycles. The molecule has 0 bridgehead atoms. The number of rotatable bonds is 8. The number of aromatic nitrogens is 3. The second-order valence-corrected chi connectivity index (χ2v) is 5.77. The van der Waals surface area contributed by atoms with Gasteiger partial charge in [-0.25, -0.2) is 9.50 Å². The minimum Gasteiger partial charge on any atom is -0.394 e. The van der Waals surface area contributed by atoms with Crippen LogP contribution in [0.1, 0.15) is 29.8 Å². The molecule has 0 aromatic carbocycles. The van der Waals surface area contributed by atoms with Crippen molar-refractivity contribution in [2.45, 2.75) is 26.5 Å². The van der Waals surface area contributed by atoms with E-state index in [4.69, 9.17) is 5.11 Å². The van der Waals surface area contributed by atoms with Crippen LogP contribution in [-0.4, -0.2) is 79.9 Å². The molecule has 0 aliphatic carbocycles. The van der Waals surface area contributed by atoms with Crippen molar-refractivity contribution in [3.05, 3.63) is 29.7 Å². The smallest absolute Gasteiger partial charge is 0.259 e. The summed E-state index contributed by atoms with van der Waals surface area (Å²) in [6, 6.07) is 0. The van der Waals surface area contributed by atoms with Gasteiger partial charge in [0.05, 0.1) is 18.9 Å². The fourth-order valence-corrected chi connectivity index (χ4v) is 2.51. The predicted octanol–water partition coefficient (Wildman–Crippen LogP) is -0.00370. The fraction of sp³-hybridized carbons (Fsp3) is 0.562. The van der Waals surface area contributed by atoms with E-state index in [2.05, 4.69) is 28.8 Å². The standard InChI is InChI=1S/C16H25N5O3/c1-4-20(5-2)8-12-6-17-15-14(7-18-21(15)9-12)16(24)19(3)10-13(23)11-22/h6-7,9,13,22-23H,4-5,8,10-11H2,1-3H3. The minimum absolute atomic E-state index is 0.0483. The first-order valence-corrected chi connectivity index (χ1v) is 8.09. The van der Waals surface area contributed by atoms with Crippen molar-refractivity contribution in [1.82, 2.24) is 24.4 Å². The van der Waals surface area contributed by atoms with E-state index < -0.39 is 6.10 Å². The first-order chi connectivity index (χ1) is 11.5. The van der Waals surface area contributed by atoms with Crippen LogP contribution in [0.2, 0.25) is 0 Å². The maximum absolute atomic E-state index is 12.5. The summed E-state index contributed by atoms with van der Waals surface area (Å²) >= 11 is 0. The van der Waals surface area contributed by atoms with Crippen molar-refractivity contribution in [2.24, 2.45) is 0 Å². The molecule has 132 valence electrons. The van der Waals surface area contributed by atoms with Crippen LogP contribution in [0.25, 0.3) is 5.65 Å². The van der Waals surface area contributed by atoms with E-state index in [-0.39, 0.29) is 19.1 Å². The molecule has 0 spiro atoms. The predicted molar refractivity (Wildman–Crippen MR) is 89.7 cm³/mol. The number of hydrogen-bond acceptors (Lipinski definition) is 6. The number of hydrogen-bond donors (Lipinski definition) is 2. The molecule has 2 N–H and O–H groups in total. The molecule has 0 saturated heterocycles. The fourth-order valence-electron chi connectivity index (χ4n) is 2.51. The molecular weight excluding hydrogens is 310 g/mol. The highest BCUT2D eigenvalue weighted by Crippen LogP contribution is 2.12. The molecule has 8 heteroatoms. The van der Waals surface area contributed by atoms with Crippen LogP contribution in [0.5, 0.6) is 0 Å². The Kier molecular flexibility index (Phi) is 6.24. The SMILES string of the molecule is CCN(CC)Cc1cnc2c(C(=O)N(C)CC(O)CO)cnn2c1. The number of carbonyl (C=O) groups is 1. The lowest BCUT2D eigenvalue weighted by molar-refractivity contribution is 0.0521. The Morgan fingerprint density at radius 1 is 1.33 bits per heavy atom. The average molecular weight is 335 g/mol. The van der Waals surface area contributed by atoms with E-state index in [0.717, 1.165) is 25.2 Å². The van der Waals surface area contributed by atoms with Crippen molar-refractivity contribution in [2.75, 3.05) is 33.3 Å². The second-order valence-electron chi connectivity index (χ2n) is 5.77. The minimum atomic E-state index is -0.963. The van der Waals surface area contributed by atoms with Crippen LogP contribution in [0.4, 0.5) is 0 Å². The Morgan fingerprint density at radius 2 is 2.04 bits per heavy atom. The third-order valence-electron chi connectivity index (χ3n) is 3.98.